The van der Waals surface area contributed by atoms with Gasteiger partial charge in [0.15, 0.2) is 11.8 Å². The van der Waals surface area contributed by atoms with E-state index in [1.165, 1.54) is 6.20 Å². The van der Waals surface area contributed by atoms with Gasteiger partial charge in [-0.15, -0.1) is 0 Å². The van der Waals surface area contributed by atoms with Crippen LogP contribution in [0.1, 0.15) is 34.2 Å². The Hall–Kier alpha value is -2.49. The van der Waals surface area contributed by atoms with Crippen molar-refractivity contribution in [1.82, 2.24) is 9.71 Å². The third-order valence-corrected chi connectivity index (χ3v) is 7.25. The van der Waals surface area contributed by atoms with Gasteiger partial charge >= 0.3 is 5.97 Å². The number of amides is 1. The lowest BCUT2D eigenvalue weighted by molar-refractivity contribution is -0.147. The Morgan fingerprint density at radius 1 is 1.03 bits per heavy atom. The maximum atomic E-state index is 12.8. The van der Waals surface area contributed by atoms with E-state index in [0.29, 0.717) is 16.8 Å². The van der Waals surface area contributed by atoms with Gasteiger partial charge in [-0.05, 0) is 74.6 Å². The average molecular weight is 468 g/mol. The molecule has 0 atom stereocenters. The molecule has 1 aromatic carbocycles. The molecule has 2 rings (SSSR count). The largest absolute Gasteiger partial charge is 0.456 e. The molecule has 1 aromatic heterocycles. The second kappa shape index (κ2) is 10.2. The number of carbonyl (C=O) groups excluding carboxylic acids is 2. The lowest BCUT2D eigenvalue weighted by atomic mass is 9.95. The Kier molecular flexibility index (Phi) is 8.16. The topological polar surface area (TPSA) is 114 Å². The van der Waals surface area contributed by atoms with Gasteiger partial charge in [0.2, 0.25) is 10.0 Å². The summed E-state index contributed by atoms with van der Waals surface area (Å²) in [5.74, 6) is -1.29. The Morgan fingerprint density at radius 3 is 2.19 bits per heavy atom. The molecule has 2 aromatic rings. The van der Waals surface area contributed by atoms with Gasteiger partial charge in [-0.1, -0.05) is 11.6 Å². The van der Waals surface area contributed by atoms with E-state index in [9.17, 15) is 18.0 Å². The summed E-state index contributed by atoms with van der Waals surface area (Å²) < 4.78 is 33.0. The van der Waals surface area contributed by atoms with Crippen molar-refractivity contribution in [3.8, 4) is 0 Å². The van der Waals surface area contributed by atoms with Crippen molar-refractivity contribution in [1.29, 1.82) is 0 Å². The summed E-state index contributed by atoms with van der Waals surface area (Å²) in [7, 11) is -3.81. The van der Waals surface area contributed by atoms with Crippen LogP contribution in [0.4, 0.5) is 5.69 Å². The molecule has 0 unspecified atom stereocenters. The number of hydrogen-bond donors (Lipinski definition) is 2. The lowest BCUT2D eigenvalue weighted by Crippen LogP contribution is -2.29. The molecule has 0 aliphatic heterocycles. The second-order valence-corrected chi connectivity index (χ2v) is 9.21. The summed E-state index contributed by atoms with van der Waals surface area (Å²) >= 11 is 5.84. The number of carbonyl (C=O) groups is 2. The minimum atomic E-state index is -3.81. The van der Waals surface area contributed by atoms with Gasteiger partial charge in [-0.25, -0.2) is 18.1 Å². The number of anilines is 1. The lowest BCUT2D eigenvalue weighted by Gasteiger charge is -2.19. The van der Waals surface area contributed by atoms with E-state index in [-0.39, 0.29) is 23.0 Å². The van der Waals surface area contributed by atoms with Crippen LogP contribution in [0.2, 0.25) is 5.15 Å². The van der Waals surface area contributed by atoms with E-state index in [4.69, 9.17) is 16.3 Å². The standard InChI is InChI=1S/C21H26ClN3O5S/c1-12-13(2)15(4)20(16(5)14(12)3)31(28,29)24-10-8-19(27)30-11-18(26)25-17-7-6-9-23-21(17)22/h6-7,9,24H,8,10-11H2,1-5H3,(H,25,26). The molecule has 0 saturated carbocycles. The molecule has 8 nitrogen and oxygen atoms in total. The van der Waals surface area contributed by atoms with E-state index in [0.717, 1.165) is 16.7 Å². The summed E-state index contributed by atoms with van der Waals surface area (Å²) in [6.07, 6.45) is 1.25. The molecule has 0 radical (unpaired) electrons. The monoisotopic (exact) mass is 467 g/mol. The Balaban J connectivity index is 1.91. The fourth-order valence-electron chi connectivity index (χ4n) is 3.11. The highest BCUT2D eigenvalue weighted by atomic mass is 35.5. The number of nitrogens with zero attached hydrogens (tertiary/aromatic N) is 1. The van der Waals surface area contributed by atoms with Crippen molar-refractivity contribution in [2.75, 3.05) is 18.5 Å². The number of benzene rings is 1. The number of pyridine rings is 1. The zero-order valence-corrected chi connectivity index (χ0v) is 19.7. The number of nitrogens with one attached hydrogen (secondary N) is 2. The first-order chi connectivity index (χ1) is 14.5. The maximum Gasteiger partial charge on any atom is 0.307 e. The van der Waals surface area contributed by atoms with Crippen molar-refractivity contribution in [2.24, 2.45) is 0 Å². The van der Waals surface area contributed by atoms with E-state index < -0.39 is 28.5 Å². The number of rotatable bonds is 8. The first kappa shape index (κ1) is 24.8. The maximum absolute atomic E-state index is 12.8. The first-order valence-electron chi connectivity index (χ1n) is 9.58. The predicted molar refractivity (Wildman–Crippen MR) is 119 cm³/mol. The highest BCUT2D eigenvalue weighted by Crippen LogP contribution is 2.29. The Labute approximate surface area is 187 Å². The van der Waals surface area contributed by atoms with Gasteiger partial charge in [0.1, 0.15) is 0 Å². The third-order valence-electron chi connectivity index (χ3n) is 5.22. The Morgan fingerprint density at radius 2 is 1.61 bits per heavy atom. The molecule has 168 valence electrons. The van der Waals surface area contributed by atoms with Crippen molar-refractivity contribution < 1.29 is 22.7 Å². The number of aromatic nitrogens is 1. The summed E-state index contributed by atoms with van der Waals surface area (Å²) in [6, 6.07) is 3.16. The van der Waals surface area contributed by atoms with Gasteiger partial charge in [0.05, 0.1) is 17.0 Å². The number of ether oxygens (including phenoxy) is 1. The van der Waals surface area contributed by atoms with E-state index in [1.54, 1.807) is 26.0 Å². The summed E-state index contributed by atoms with van der Waals surface area (Å²) in [6.45, 7) is 8.60. The fraction of sp³-hybridized carbons (Fsp3) is 0.381. The molecule has 31 heavy (non-hydrogen) atoms. The van der Waals surface area contributed by atoms with Gasteiger partial charge in [-0.3, -0.25) is 9.59 Å². The van der Waals surface area contributed by atoms with Crippen molar-refractivity contribution >= 4 is 39.2 Å². The molecule has 2 N–H and O–H groups in total. The van der Waals surface area contributed by atoms with Gasteiger partial charge in [0.25, 0.3) is 5.91 Å². The van der Waals surface area contributed by atoms with Crippen molar-refractivity contribution in [2.45, 2.75) is 45.9 Å². The fourth-order valence-corrected chi connectivity index (χ4v) is 4.91. The molecular weight excluding hydrogens is 442 g/mol. The van der Waals surface area contributed by atoms with Crippen LogP contribution in [0.5, 0.6) is 0 Å². The minimum absolute atomic E-state index is 0.115. The number of halogens is 1. The second-order valence-electron chi connectivity index (χ2n) is 7.15. The van der Waals surface area contributed by atoms with Crippen LogP contribution in [-0.4, -0.2) is 38.4 Å². The highest BCUT2D eigenvalue weighted by Gasteiger charge is 2.23. The number of sulfonamides is 1. The van der Waals surface area contributed by atoms with E-state index >= 15 is 0 Å². The molecule has 0 bridgehead atoms. The van der Waals surface area contributed by atoms with Gasteiger partial charge in [-0.2, -0.15) is 0 Å². The number of esters is 1. The van der Waals surface area contributed by atoms with Crippen molar-refractivity contribution in [3.63, 3.8) is 0 Å². The molecule has 10 heteroatoms. The molecule has 0 aliphatic rings. The summed E-state index contributed by atoms with van der Waals surface area (Å²) in [4.78, 5) is 27.8. The van der Waals surface area contributed by atoms with E-state index in [1.807, 2.05) is 20.8 Å². The molecular formula is C21H26ClN3O5S. The minimum Gasteiger partial charge on any atom is -0.456 e. The third kappa shape index (κ3) is 6.03. The predicted octanol–water partition coefficient (Wildman–Crippen LogP) is 3.13. The van der Waals surface area contributed by atoms with Crippen molar-refractivity contribution in [3.05, 3.63) is 51.3 Å². The van der Waals surface area contributed by atoms with Crippen LogP contribution >= 0.6 is 11.6 Å². The molecule has 0 saturated heterocycles. The van der Waals surface area contributed by atoms with Gasteiger partial charge in [0, 0.05) is 12.7 Å². The zero-order valence-electron chi connectivity index (χ0n) is 18.1. The smallest absolute Gasteiger partial charge is 0.307 e. The van der Waals surface area contributed by atoms with E-state index in [2.05, 4.69) is 15.0 Å². The highest BCUT2D eigenvalue weighted by molar-refractivity contribution is 7.89. The van der Waals surface area contributed by atoms with Crippen LogP contribution in [-0.2, 0) is 24.3 Å². The quantitative estimate of drug-likeness (QED) is 0.455. The molecule has 1 amide bonds. The summed E-state index contributed by atoms with van der Waals surface area (Å²) in [5.41, 5.74) is 4.56. The molecule has 0 fully saturated rings. The van der Waals surface area contributed by atoms with Crippen LogP contribution in [0.25, 0.3) is 0 Å². The SMILES string of the molecule is Cc1c(C)c(C)c(S(=O)(=O)NCCC(=O)OCC(=O)Nc2cccnc2Cl)c(C)c1C. The molecule has 1 heterocycles. The molecule has 0 aliphatic carbocycles. The average Bonchev–Trinajstić information content (AvgIpc) is 2.71. The summed E-state index contributed by atoms with van der Waals surface area (Å²) in [5, 5.41) is 2.59. The zero-order chi connectivity index (χ0) is 23.3. The van der Waals surface area contributed by atoms with Crippen LogP contribution in [0, 0.1) is 34.6 Å². The Bertz CT molecular complexity index is 1090. The van der Waals surface area contributed by atoms with Crippen LogP contribution in [0.3, 0.4) is 0 Å². The number of hydrogen-bond acceptors (Lipinski definition) is 6. The molecule has 0 spiro atoms. The first-order valence-corrected chi connectivity index (χ1v) is 11.4. The van der Waals surface area contributed by atoms with Crippen LogP contribution in [0.15, 0.2) is 23.2 Å². The van der Waals surface area contributed by atoms with Crippen LogP contribution < -0.4 is 10.0 Å². The normalized spacial score (nSPS) is 11.3. The van der Waals surface area contributed by atoms with Gasteiger partial charge < -0.3 is 10.1 Å².